The van der Waals surface area contributed by atoms with Gasteiger partial charge in [-0.1, -0.05) is 23.2 Å². The van der Waals surface area contributed by atoms with Crippen LogP contribution in [-0.4, -0.2) is 15.8 Å². The Labute approximate surface area is 135 Å². The summed E-state index contributed by atoms with van der Waals surface area (Å²) < 4.78 is 2.58. The van der Waals surface area contributed by atoms with Gasteiger partial charge in [-0.3, -0.25) is 4.57 Å². The molecular weight excluding hydrogens is 331 g/mol. The molecule has 0 fully saturated rings. The van der Waals surface area contributed by atoms with Crippen molar-refractivity contribution in [2.24, 2.45) is 0 Å². The Morgan fingerprint density at radius 2 is 1.75 bits per heavy atom. The smallest absolute Gasteiger partial charge is 0.182 e. The molecule has 102 valence electrons. The van der Waals surface area contributed by atoms with Gasteiger partial charge in [-0.15, -0.1) is 11.8 Å². The standard InChI is InChI=1S/C14H10Cl2N2S2/c1-20-9-4-2-8(3-5-9)18-13-7-11(16)10(15)6-12(13)17-14(18)19/h2-7H,1H3,(H,17,19). The van der Waals surface area contributed by atoms with Gasteiger partial charge >= 0.3 is 0 Å². The monoisotopic (exact) mass is 340 g/mol. The first-order valence-corrected chi connectivity index (χ1v) is 8.23. The third-order valence-corrected chi connectivity index (χ3v) is 4.81. The minimum atomic E-state index is 0.514. The highest BCUT2D eigenvalue weighted by Crippen LogP contribution is 2.29. The average Bonchev–Trinajstić information content (AvgIpc) is 2.75. The van der Waals surface area contributed by atoms with E-state index in [9.17, 15) is 0 Å². The molecule has 3 aromatic rings. The van der Waals surface area contributed by atoms with Gasteiger partial charge in [-0.25, -0.2) is 0 Å². The van der Waals surface area contributed by atoms with E-state index < -0.39 is 0 Å². The lowest BCUT2D eigenvalue weighted by atomic mass is 10.3. The molecule has 0 amide bonds. The van der Waals surface area contributed by atoms with Crippen LogP contribution in [0, 0.1) is 4.77 Å². The summed E-state index contributed by atoms with van der Waals surface area (Å²) in [5.74, 6) is 0. The first-order valence-electron chi connectivity index (χ1n) is 5.84. The summed E-state index contributed by atoms with van der Waals surface area (Å²) in [6.45, 7) is 0. The van der Waals surface area contributed by atoms with Crippen LogP contribution in [0.15, 0.2) is 41.3 Å². The molecule has 2 aromatic carbocycles. The fraction of sp³-hybridized carbons (Fsp3) is 0.0714. The number of hydrogen-bond donors (Lipinski definition) is 1. The number of rotatable bonds is 2. The number of thioether (sulfide) groups is 1. The molecule has 0 atom stereocenters. The van der Waals surface area contributed by atoms with Crippen LogP contribution < -0.4 is 0 Å². The van der Waals surface area contributed by atoms with Crippen molar-refractivity contribution in [3.8, 4) is 5.69 Å². The van der Waals surface area contributed by atoms with Gasteiger partial charge in [-0.05, 0) is 54.9 Å². The van der Waals surface area contributed by atoms with E-state index in [-0.39, 0.29) is 0 Å². The summed E-state index contributed by atoms with van der Waals surface area (Å²) >= 11 is 19.2. The van der Waals surface area contributed by atoms with Crippen molar-refractivity contribution in [3.05, 3.63) is 51.2 Å². The number of H-pyrrole nitrogens is 1. The van der Waals surface area contributed by atoms with Crippen molar-refractivity contribution in [2.75, 3.05) is 6.26 Å². The van der Waals surface area contributed by atoms with Gasteiger partial charge in [0.05, 0.1) is 21.1 Å². The molecule has 0 aliphatic heterocycles. The molecule has 0 saturated heterocycles. The van der Waals surface area contributed by atoms with Crippen LogP contribution in [-0.2, 0) is 0 Å². The number of nitrogens with zero attached hydrogens (tertiary/aromatic N) is 1. The summed E-state index contributed by atoms with van der Waals surface area (Å²) in [4.78, 5) is 4.36. The minimum Gasteiger partial charge on any atom is -0.330 e. The molecule has 6 heteroatoms. The van der Waals surface area contributed by atoms with Crippen molar-refractivity contribution in [2.45, 2.75) is 4.90 Å². The lowest BCUT2D eigenvalue weighted by molar-refractivity contribution is 1.06. The molecular formula is C14H10Cl2N2S2. The summed E-state index contributed by atoms with van der Waals surface area (Å²) in [6.07, 6.45) is 2.05. The summed E-state index contributed by atoms with van der Waals surface area (Å²) in [5, 5.41) is 1.03. The molecule has 0 aliphatic rings. The third-order valence-electron chi connectivity index (χ3n) is 3.05. The lowest BCUT2D eigenvalue weighted by Gasteiger charge is -2.06. The lowest BCUT2D eigenvalue weighted by Crippen LogP contribution is -1.93. The van der Waals surface area contributed by atoms with Crippen LogP contribution in [0.3, 0.4) is 0 Å². The predicted molar refractivity (Wildman–Crippen MR) is 90.3 cm³/mol. The second-order valence-corrected chi connectivity index (χ2v) is 6.33. The second kappa shape index (κ2) is 5.45. The topological polar surface area (TPSA) is 20.7 Å². The Balaban J connectivity index is 2.26. The molecule has 1 aromatic heterocycles. The van der Waals surface area contributed by atoms with Crippen molar-refractivity contribution in [1.29, 1.82) is 0 Å². The fourth-order valence-corrected chi connectivity index (χ4v) is 3.13. The maximum absolute atomic E-state index is 6.11. The first kappa shape index (κ1) is 14.0. The normalized spacial score (nSPS) is 11.2. The van der Waals surface area contributed by atoms with Crippen molar-refractivity contribution < 1.29 is 0 Å². The van der Waals surface area contributed by atoms with Crippen LogP contribution in [0.25, 0.3) is 16.7 Å². The quantitative estimate of drug-likeness (QED) is 0.475. The highest BCUT2D eigenvalue weighted by molar-refractivity contribution is 7.98. The van der Waals surface area contributed by atoms with E-state index >= 15 is 0 Å². The number of fused-ring (bicyclic) bond motifs is 1. The van der Waals surface area contributed by atoms with E-state index in [0.717, 1.165) is 16.7 Å². The van der Waals surface area contributed by atoms with Gasteiger partial charge in [0.1, 0.15) is 0 Å². The van der Waals surface area contributed by atoms with Crippen LogP contribution in [0.2, 0.25) is 10.0 Å². The Morgan fingerprint density at radius 3 is 2.40 bits per heavy atom. The number of nitrogens with one attached hydrogen (secondary N) is 1. The van der Waals surface area contributed by atoms with Crippen LogP contribution in [0.1, 0.15) is 0 Å². The minimum absolute atomic E-state index is 0.514. The second-order valence-electron chi connectivity index (χ2n) is 4.25. The van der Waals surface area contributed by atoms with E-state index in [0.29, 0.717) is 14.8 Å². The molecule has 1 heterocycles. The first-order chi connectivity index (χ1) is 9.60. The number of aromatic amines is 1. The molecule has 0 spiro atoms. The number of aromatic nitrogens is 2. The van der Waals surface area contributed by atoms with E-state index in [2.05, 4.69) is 17.1 Å². The third kappa shape index (κ3) is 2.37. The Morgan fingerprint density at radius 1 is 1.10 bits per heavy atom. The van der Waals surface area contributed by atoms with Gasteiger partial charge in [0, 0.05) is 10.6 Å². The molecule has 2 nitrogen and oxygen atoms in total. The van der Waals surface area contributed by atoms with Gasteiger partial charge in [-0.2, -0.15) is 0 Å². The molecule has 20 heavy (non-hydrogen) atoms. The maximum Gasteiger partial charge on any atom is 0.182 e. The average molecular weight is 341 g/mol. The Bertz CT molecular complexity index is 835. The molecule has 1 N–H and O–H groups in total. The number of benzene rings is 2. The van der Waals surface area contributed by atoms with Gasteiger partial charge < -0.3 is 4.98 Å². The van der Waals surface area contributed by atoms with Gasteiger partial charge in [0.15, 0.2) is 4.77 Å². The molecule has 0 aliphatic carbocycles. The van der Waals surface area contributed by atoms with Crippen molar-refractivity contribution >= 4 is 58.2 Å². The van der Waals surface area contributed by atoms with Crippen LogP contribution >= 0.6 is 47.2 Å². The van der Waals surface area contributed by atoms with E-state index in [4.69, 9.17) is 35.4 Å². The Kier molecular flexibility index (Phi) is 3.82. The molecule has 0 saturated carbocycles. The van der Waals surface area contributed by atoms with E-state index in [1.165, 1.54) is 4.90 Å². The highest BCUT2D eigenvalue weighted by atomic mass is 35.5. The van der Waals surface area contributed by atoms with Crippen molar-refractivity contribution in [1.82, 2.24) is 9.55 Å². The molecule has 3 rings (SSSR count). The fourth-order valence-electron chi connectivity index (χ4n) is 2.09. The number of hydrogen-bond acceptors (Lipinski definition) is 2. The number of halogens is 2. The van der Waals surface area contributed by atoms with E-state index in [1.807, 2.05) is 29.0 Å². The Hall–Kier alpha value is -0.940. The molecule has 0 unspecified atom stereocenters. The summed E-state index contributed by atoms with van der Waals surface area (Å²) in [5.41, 5.74) is 2.79. The molecule has 0 radical (unpaired) electrons. The zero-order valence-corrected chi connectivity index (χ0v) is 13.6. The van der Waals surface area contributed by atoms with Crippen LogP contribution in [0.4, 0.5) is 0 Å². The number of imidazole rings is 1. The zero-order chi connectivity index (χ0) is 14.3. The van der Waals surface area contributed by atoms with Gasteiger partial charge in [0.2, 0.25) is 0 Å². The molecule has 0 bridgehead atoms. The highest BCUT2D eigenvalue weighted by Gasteiger charge is 2.09. The zero-order valence-electron chi connectivity index (χ0n) is 10.5. The summed E-state index contributed by atoms with van der Waals surface area (Å²) in [6, 6.07) is 11.8. The predicted octanol–water partition coefficient (Wildman–Crippen LogP) is 5.72. The van der Waals surface area contributed by atoms with E-state index in [1.54, 1.807) is 17.8 Å². The van der Waals surface area contributed by atoms with Crippen LogP contribution in [0.5, 0.6) is 0 Å². The van der Waals surface area contributed by atoms with Gasteiger partial charge in [0.25, 0.3) is 0 Å². The summed E-state index contributed by atoms with van der Waals surface area (Å²) in [7, 11) is 0. The largest absolute Gasteiger partial charge is 0.330 e. The maximum atomic E-state index is 6.11. The SMILES string of the molecule is CSc1ccc(-n2c(=S)[nH]c3cc(Cl)c(Cl)cc32)cc1. The van der Waals surface area contributed by atoms with Crippen molar-refractivity contribution in [3.63, 3.8) is 0 Å².